The molecule has 0 fully saturated rings. The SMILES string of the molecule is COc1cc(OC)c(NCC(C)(C)CO)cc1Cl. The van der Waals surface area contributed by atoms with Crippen LogP contribution in [0.1, 0.15) is 13.8 Å². The molecule has 0 aliphatic rings. The van der Waals surface area contributed by atoms with E-state index in [-0.39, 0.29) is 12.0 Å². The van der Waals surface area contributed by atoms with Gasteiger partial charge in [0.15, 0.2) is 0 Å². The van der Waals surface area contributed by atoms with Crippen LogP contribution in [0, 0.1) is 5.41 Å². The van der Waals surface area contributed by atoms with Gasteiger partial charge < -0.3 is 19.9 Å². The van der Waals surface area contributed by atoms with Gasteiger partial charge in [-0.25, -0.2) is 0 Å². The highest BCUT2D eigenvalue weighted by Crippen LogP contribution is 2.36. The lowest BCUT2D eigenvalue weighted by molar-refractivity contribution is 0.170. The number of nitrogens with one attached hydrogen (secondary N) is 1. The first kappa shape index (κ1) is 14.9. The number of hydrogen-bond donors (Lipinski definition) is 2. The summed E-state index contributed by atoms with van der Waals surface area (Å²) in [4.78, 5) is 0. The first-order valence-electron chi connectivity index (χ1n) is 5.70. The third-order valence-electron chi connectivity index (χ3n) is 2.66. The van der Waals surface area contributed by atoms with Crippen molar-refractivity contribution < 1.29 is 14.6 Å². The van der Waals surface area contributed by atoms with Gasteiger partial charge in [-0.2, -0.15) is 0 Å². The van der Waals surface area contributed by atoms with Crippen molar-refractivity contribution in [2.45, 2.75) is 13.8 Å². The van der Waals surface area contributed by atoms with E-state index in [0.29, 0.717) is 23.1 Å². The van der Waals surface area contributed by atoms with E-state index in [1.165, 1.54) is 0 Å². The molecule has 1 aromatic rings. The van der Waals surface area contributed by atoms with Gasteiger partial charge in [0, 0.05) is 24.6 Å². The van der Waals surface area contributed by atoms with Crippen molar-refractivity contribution in [3.63, 3.8) is 0 Å². The van der Waals surface area contributed by atoms with E-state index in [1.54, 1.807) is 26.4 Å². The number of halogens is 1. The van der Waals surface area contributed by atoms with E-state index in [0.717, 1.165) is 5.69 Å². The van der Waals surface area contributed by atoms with Crippen LogP contribution in [-0.2, 0) is 0 Å². The van der Waals surface area contributed by atoms with Crippen LogP contribution in [0.15, 0.2) is 12.1 Å². The maximum atomic E-state index is 9.22. The van der Waals surface area contributed by atoms with Crippen LogP contribution in [0.4, 0.5) is 5.69 Å². The molecule has 2 N–H and O–H groups in total. The van der Waals surface area contributed by atoms with E-state index in [2.05, 4.69) is 5.32 Å². The van der Waals surface area contributed by atoms with Crippen molar-refractivity contribution in [1.29, 1.82) is 0 Å². The zero-order chi connectivity index (χ0) is 13.8. The summed E-state index contributed by atoms with van der Waals surface area (Å²) in [7, 11) is 3.15. The number of ether oxygens (including phenoxy) is 2. The summed E-state index contributed by atoms with van der Waals surface area (Å²) in [5, 5.41) is 13.0. The Morgan fingerprint density at radius 2 is 1.83 bits per heavy atom. The van der Waals surface area contributed by atoms with Gasteiger partial charge >= 0.3 is 0 Å². The average Bonchev–Trinajstić information content (AvgIpc) is 2.36. The summed E-state index contributed by atoms with van der Waals surface area (Å²) in [6.45, 7) is 4.66. The van der Waals surface area contributed by atoms with Crippen molar-refractivity contribution in [2.24, 2.45) is 5.41 Å². The highest BCUT2D eigenvalue weighted by molar-refractivity contribution is 6.32. The molecule has 0 atom stereocenters. The topological polar surface area (TPSA) is 50.7 Å². The number of methoxy groups -OCH3 is 2. The van der Waals surface area contributed by atoms with Crippen LogP contribution < -0.4 is 14.8 Å². The molecular formula is C13H20ClNO3. The molecule has 0 aliphatic heterocycles. The Hall–Kier alpha value is -1.13. The molecule has 0 heterocycles. The van der Waals surface area contributed by atoms with Crippen LogP contribution in [0.5, 0.6) is 11.5 Å². The molecule has 0 saturated heterocycles. The molecule has 0 aliphatic carbocycles. The molecule has 1 aromatic carbocycles. The third kappa shape index (κ3) is 3.68. The van der Waals surface area contributed by atoms with Crippen LogP contribution in [0.25, 0.3) is 0 Å². The molecule has 0 spiro atoms. The Kier molecular flexibility index (Phi) is 5.11. The quantitative estimate of drug-likeness (QED) is 0.837. The van der Waals surface area contributed by atoms with Crippen molar-refractivity contribution in [2.75, 3.05) is 32.7 Å². The van der Waals surface area contributed by atoms with Gasteiger partial charge in [0.1, 0.15) is 11.5 Å². The summed E-state index contributed by atoms with van der Waals surface area (Å²) in [6.07, 6.45) is 0. The third-order valence-corrected chi connectivity index (χ3v) is 2.95. The zero-order valence-electron chi connectivity index (χ0n) is 11.2. The number of anilines is 1. The Morgan fingerprint density at radius 1 is 1.22 bits per heavy atom. The molecule has 0 aromatic heterocycles. The fraction of sp³-hybridized carbons (Fsp3) is 0.538. The van der Waals surface area contributed by atoms with Crippen LogP contribution in [0.2, 0.25) is 5.02 Å². The Bertz CT molecular complexity index is 407. The van der Waals surface area contributed by atoms with Gasteiger partial charge in [0.05, 0.1) is 24.9 Å². The maximum absolute atomic E-state index is 9.22. The summed E-state index contributed by atoms with van der Waals surface area (Å²) in [5.41, 5.74) is 0.571. The van der Waals surface area contributed by atoms with Gasteiger partial charge in [-0.05, 0) is 6.07 Å². The lowest BCUT2D eigenvalue weighted by atomic mass is 9.95. The van der Waals surface area contributed by atoms with Crippen molar-refractivity contribution in [1.82, 2.24) is 0 Å². The first-order chi connectivity index (χ1) is 8.43. The molecular weight excluding hydrogens is 254 g/mol. The minimum atomic E-state index is -0.211. The minimum Gasteiger partial charge on any atom is -0.495 e. The Balaban J connectivity index is 2.91. The molecule has 5 heteroatoms. The lowest BCUT2D eigenvalue weighted by Gasteiger charge is -2.23. The molecule has 0 amide bonds. The number of aliphatic hydroxyl groups excluding tert-OH is 1. The van der Waals surface area contributed by atoms with E-state index in [9.17, 15) is 5.11 Å². The fourth-order valence-corrected chi connectivity index (χ4v) is 1.63. The molecule has 0 saturated carbocycles. The van der Waals surface area contributed by atoms with Crippen molar-refractivity contribution >= 4 is 17.3 Å². The largest absolute Gasteiger partial charge is 0.495 e. The lowest BCUT2D eigenvalue weighted by Crippen LogP contribution is -2.26. The predicted molar refractivity (Wildman–Crippen MR) is 73.9 cm³/mol. The highest BCUT2D eigenvalue weighted by atomic mass is 35.5. The summed E-state index contributed by atoms with van der Waals surface area (Å²) in [6, 6.07) is 3.49. The summed E-state index contributed by atoms with van der Waals surface area (Å²) < 4.78 is 10.4. The molecule has 18 heavy (non-hydrogen) atoms. The number of hydrogen-bond acceptors (Lipinski definition) is 4. The number of benzene rings is 1. The van der Waals surface area contributed by atoms with Gasteiger partial charge in [-0.3, -0.25) is 0 Å². The highest BCUT2D eigenvalue weighted by Gasteiger charge is 2.17. The second-order valence-corrected chi connectivity index (χ2v) is 5.27. The standard InChI is InChI=1S/C13H20ClNO3/c1-13(2,8-16)7-15-10-5-9(14)11(17-3)6-12(10)18-4/h5-6,15-16H,7-8H2,1-4H3. The zero-order valence-corrected chi connectivity index (χ0v) is 12.0. The second-order valence-electron chi connectivity index (χ2n) is 4.86. The molecule has 1 rings (SSSR count). The van der Waals surface area contributed by atoms with Crippen LogP contribution in [0.3, 0.4) is 0 Å². The minimum absolute atomic E-state index is 0.103. The fourth-order valence-electron chi connectivity index (χ4n) is 1.39. The van der Waals surface area contributed by atoms with E-state index < -0.39 is 0 Å². The van der Waals surface area contributed by atoms with Crippen molar-refractivity contribution in [3.05, 3.63) is 17.2 Å². The summed E-state index contributed by atoms with van der Waals surface area (Å²) >= 11 is 6.07. The van der Waals surface area contributed by atoms with E-state index in [4.69, 9.17) is 21.1 Å². The summed E-state index contributed by atoms with van der Waals surface area (Å²) in [5.74, 6) is 1.23. The molecule has 0 bridgehead atoms. The van der Waals surface area contributed by atoms with Crippen LogP contribution in [-0.4, -0.2) is 32.5 Å². The predicted octanol–water partition coefficient (Wildman–Crippen LogP) is 2.79. The molecule has 0 unspecified atom stereocenters. The Labute approximate surface area is 113 Å². The molecule has 4 nitrogen and oxygen atoms in total. The molecule has 102 valence electrons. The van der Waals surface area contributed by atoms with Gasteiger partial charge in [0.2, 0.25) is 0 Å². The van der Waals surface area contributed by atoms with Gasteiger partial charge in [-0.15, -0.1) is 0 Å². The average molecular weight is 274 g/mol. The molecule has 0 radical (unpaired) electrons. The van der Waals surface area contributed by atoms with Crippen molar-refractivity contribution in [3.8, 4) is 11.5 Å². The first-order valence-corrected chi connectivity index (χ1v) is 6.07. The normalized spacial score (nSPS) is 11.2. The van der Waals surface area contributed by atoms with Gasteiger partial charge in [-0.1, -0.05) is 25.4 Å². The number of aliphatic hydroxyl groups is 1. The number of rotatable bonds is 6. The Morgan fingerprint density at radius 3 is 2.33 bits per heavy atom. The van der Waals surface area contributed by atoms with E-state index >= 15 is 0 Å². The second kappa shape index (κ2) is 6.16. The van der Waals surface area contributed by atoms with E-state index in [1.807, 2.05) is 13.8 Å². The monoisotopic (exact) mass is 273 g/mol. The smallest absolute Gasteiger partial charge is 0.145 e. The van der Waals surface area contributed by atoms with Gasteiger partial charge in [0.25, 0.3) is 0 Å². The van der Waals surface area contributed by atoms with Crippen LogP contribution >= 0.6 is 11.6 Å². The maximum Gasteiger partial charge on any atom is 0.145 e.